The predicted molar refractivity (Wildman–Crippen MR) is 65.1 cm³/mol. The van der Waals surface area contributed by atoms with Gasteiger partial charge in [0.1, 0.15) is 11.1 Å². The van der Waals surface area contributed by atoms with Gasteiger partial charge in [-0.05, 0) is 26.0 Å². The maximum absolute atomic E-state index is 11.8. The molecule has 17 heavy (non-hydrogen) atoms. The first-order valence-electron chi connectivity index (χ1n) is 5.33. The highest BCUT2D eigenvalue weighted by molar-refractivity contribution is 6.00. The van der Waals surface area contributed by atoms with Crippen molar-refractivity contribution in [2.45, 2.75) is 13.8 Å². The summed E-state index contributed by atoms with van der Waals surface area (Å²) in [7, 11) is 0. The van der Waals surface area contributed by atoms with E-state index in [1.165, 1.54) is 0 Å². The molecule has 0 saturated heterocycles. The van der Waals surface area contributed by atoms with E-state index in [9.17, 15) is 4.79 Å². The first-order chi connectivity index (χ1) is 8.16. The Labute approximate surface area is 96.9 Å². The van der Waals surface area contributed by atoms with Crippen LogP contribution in [0, 0.1) is 13.8 Å². The number of para-hydroxylation sites is 1. The molecule has 0 saturated carbocycles. The van der Waals surface area contributed by atoms with Crippen molar-refractivity contribution in [1.29, 1.82) is 0 Å². The molecule has 4 heteroatoms. The number of hydrogen-bond acceptors (Lipinski definition) is 4. The van der Waals surface area contributed by atoms with Crippen LogP contribution in [0.5, 0.6) is 0 Å². The molecule has 84 valence electrons. The van der Waals surface area contributed by atoms with Gasteiger partial charge in [0, 0.05) is 5.39 Å². The second-order valence-corrected chi connectivity index (χ2v) is 3.98. The zero-order valence-electron chi connectivity index (χ0n) is 9.52. The summed E-state index contributed by atoms with van der Waals surface area (Å²) in [5, 5.41) is 0.817. The minimum atomic E-state index is -0.436. The van der Waals surface area contributed by atoms with E-state index in [0.717, 1.165) is 16.8 Å². The van der Waals surface area contributed by atoms with Crippen molar-refractivity contribution >= 4 is 22.0 Å². The van der Waals surface area contributed by atoms with Crippen LogP contribution in [0.25, 0.3) is 22.0 Å². The van der Waals surface area contributed by atoms with E-state index >= 15 is 0 Å². The fourth-order valence-corrected chi connectivity index (χ4v) is 1.83. The van der Waals surface area contributed by atoms with Gasteiger partial charge in [0.15, 0.2) is 5.52 Å². The molecule has 3 aromatic rings. The topological polar surface area (TPSA) is 56.0 Å². The number of hydrogen-bond donors (Lipinski definition) is 0. The lowest BCUT2D eigenvalue weighted by atomic mass is 10.2. The molecular weight excluding hydrogens is 216 g/mol. The molecule has 0 radical (unpaired) electrons. The lowest BCUT2D eigenvalue weighted by molar-refractivity contribution is 0.567. The summed E-state index contributed by atoms with van der Waals surface area (Å²) in [5.74, 6) is 0. The number of fused-ring (bicyclic) bond motifs is 3. The fourth-order valence-electron chi connectivity index (χ4n) is 1.83. The minimum Gasteiger partial charge on any atom is -0.421 e. The van der Waals surface area contributed by atoms with Crippen LogP contribution in [0.15, 0.2) is 33.5 Å². The molecule has 4 nitrogen and oxygen atoms in total. The van der Waals surface area contributed by atoms with Gasteiger partial charge in [-0.2, -0.15) is 0 Å². The number of aromatic nitrogens is 2. The van der Waals surface area contributed by atoms with Gasteiger partial charge in [0.2, 0.25) is 0 Å². The molecule has 0 amide bonds. The van der Waals surface area contributed by atoms with E-state index < -0.39 is 5.63 Å². The molecule has 0 unspecified atom stereocenters. The molecular formula is C13H10N2O2. The SMILES string of the molecule is Cc1nc2c(=O)oc3ccccc3c2nc1C. The zero-order chi connectivity index (χ0) is 12.0. The first kappa shape index (κ1) is 9.96. The Morgan fingerprint density at radius 2 is 1.65 bits per heavy atom. The maximum atomic E-state index is 11.8. The van der Waals surface area contributed by atoms with Gasteiger partial charge in [-0.3, -0.25) is 0 Å². The highest BCUT2D eigenvalue weighted by atomic mass is 16.4. The smallest absolute Gasteiger partial charge is 0.364 e. The molecule has 0 spiro atoms. The van der Waals surface area contributed by atoms with Crippen molar-refractivity contribution in [2.24, 2.45) is 0 Å². The predicted octanol–water partition coefficient (Wildman–Crippen LogP) is 2.35. The molecule has 2 aromatic heterocycles. The Morgan fingerprint density at radius 1 is 1.00 bits per heavy atom. The average molecular weight is 226 g/mol. The van der Waals surface area contributed by atoms with Crippen molar-refractivity contribution in [2.75, 3.05) is 0 Å². The van der Waals surface area contributed by atoms with Gasteiger partial charge in [0.25, 0.3) is 0 Å². The van der Waals surface area contributed by atoms with E-state index in [0.29, 0.717) is 16.6 Å². The second kappa shape index (κ2) is 3.38. The molecule has 3 rings (SSSR count). The minimum absolute atomic E-state index is 0.298. The van der Waals surface area contributed by atoms with Gasteiger partial charge >= 0.3 is 5.63 Å². The van der Waals surface area contributed by atoms with Crippen molar-refractivity contribution in [3.63, 3.8) is 0 Å². The highest BCUT2D eigenvalue weighted by Crippen LogP contribution is 2.20. The van der Waals surface area contributed by atoms with Gasteiger partial charge in [-0.1, -0.05) is 12.1 Å². The van der Waals surface area contributed by atoms with E-state index in [-0.39, 0.29) is 0 Å². The normalized spacial score (nSPS) is 11.2. The highest BCUT2D eigenvalue weighted by Gasteiger charge is 2.10. The molecule has 2 heterocycles. The van der Waals surface area contributed by atoms with Crippen LogP contribution in [-0.4, -0.2) is 9.97 Å². The molecule has 0 fully saturated rings. The first-order valence-corrected chi connectivity index (χ1v) is 5.33. The van der Waals surface area contributed by atoms with Gasteiger partial charge < -0.3 is 4.42 Å². The molecule has 0 N–H and O–H groups in total. The molecule has 1 aromatic carbocycles. The van der Waals surface area contributed by atoms with E-state index in [1.807, 2.05) is 32.0 Å². The van der Waals surface area contributed by atoms with E-state index in [2.05, 4.69) is 9.97 Å². The Kier molecular flexibility index (Phi) is 1.98. The van der Waals surface area contributed by atoms with Crippen LogP contribution in [0.4, 0.5) is 0 Å². The lowest BCUT2D eigenvalue weighted by Crippen LogP contribution is -2.06. The van der Waals surface area contributed by atoms with Crippen LogP contribution < -0.4 is 5.63 Å². The number of benzene rings is 1. The average Bonchev–Trinajstić information content (AvgIpc) is 2.32. The lowest BCUT2D eigenvalue weighted by Gasteiger charge is -2.03. The largest absolute Gasteiger partial charge is 0.421 e. The van der Waals surface area contributed by atoms with Crippen LogP contribution in [0.3, 0.4) is 0 Å². The summed E-state index contributed by atoms with van der Waals surface area (Å²) in [6.07, 6.45) is 0. The zero-order valence-corrected chi connectivity index (χ0v) is 9.52. The molecule has 0 bridgehead atoms. The summed E-state index contributed by atoms with van der Waals surface area (Å²) < 4.78 is 5.21. The van der Waals surface area contributed by atoms with Gasteiger partial charge in [-0.25, -0.2) is 14.8 Å². The van der Waals surface area contributed by atoms with E-state index in [1.54, 1.807) is 6.07 Å². The summed E-state index contributed by atoms with van der Waals surface area (Å²) in [4.78, 5) is 20.5. The summed E-state index contributed by atoms with van der Waals surface area (Å²) >= 11 is 0. The van der Waals surface area contributed by atoms with Crippen LogP contribution in [0.2, 0.25) is 0 Å². The van der Waals surface area contributed by atoms with Crippen molar-refractivity contribution < 1.29 is 4.42 Å². The van der Waals surface area contributed by atoms with Crippen molar-refractivity contribution in [1.82, 2.24) is 9.97 Å². The molecule has 0 atom stereocenters. The van der Waals surface area contributed by atoms with Crippen LogP contribution >= 0.6 is 0 Å². The Hall–Kier alpha value is -2.23. The summed E-state index contributed by atoms with van der Waals surface area (Å²) in [6.45, 7) is 3.71. The Morgan fingerprint density at radius 3 is 2.41 bits per heavy atom. The Balaban J connectivity index is 2.65. The molecule has 0 aliphatic heterocycles. The quantitative estimate of drug-likeness (QED) is 0.436. The monoisotopic (exact) mass is 226 g/mol. The summed E-state index contributed by atoms with van der Waals surface area (Å²) in [5.41, 5.74) is 2.59. The maximum Gasteiger partial charge on any atom is 0.364 e. The standard InChI is InChI=1S/C13H10N2O2/c1-7-8(2)15-12-11(14-7)9-5-3-4-6-10(9)17-13(12)16/h3-6H,1-2H3. The number of aryl methyl sites for hydroxylation is 2. The molecule has 0 aliphatic carbocycles. The Bertz CT molecular complexity index is 790. The van der Waals surface area contributed by atoms with Crippen LogP contribution in [-0.2, 0) is 0 Å². The molecule has 0 aliphatic rings. The summed E-state index contributed by atoms with van der Waals surface area (Å²) in [6, 6.07) is 7.35. The van der Waals surface area contributed by atoms with Gasteiger partial charge in [-0.15, -0.1) is 0 Å². The van der Waals surface area contributed by atoms with E-state index in [4.69, 9.17) is 4.42 Å². The third-order valence-electron chi connectivity index (χ3n) is 2.85. The van der Waals surface area contributed by atoms with Crippen molar-refractivity contribution in [3.05, 3.63) is 46.1 Å². The fraction of sp³-hybridized carbons (Fsp3) is 0.154. The third-order valence-corrected chi connectivity index (χ3v) is 2.85. The van der Waals surface area contributed by atoms with Crippen molar-refractivity contribution in [3.8, 4) is 0 Å². The second-order valence-electron chi connectivity index (χ2n) is 3.98. The number of rotatable bonds is 0. The van der Waals surface area contributed by atoms with Gasteiger partial charge in [0.05, 0.1) is 11.4 Å². The third kappa shape index (κ3) is 1.41. The van der Waals surface area contributed by atoms with Crippen LogP contribution in [0.1, 0.15) is 11.4 Å². The number of nitrogens with zero attached hydrogens (tertiary/aromatic N) is 2.